The van der Waals surface area contributed by atoms with Crippen LogP contribution in [0.2, 0.25) is 0 Å². The van der Waals surface area contributed by atoms with E-state index < -0.39 is 0 Å². The van der Waals surface area contributed by atoms with Gasteiger partial charge in [0.25, 0.3) is 0 Å². The molecule has 0 bridgehead atoms. The molecule has 0 spiro atoms. The average molecular weight is 383 g/mol. The molecule has 0 saturated carbocycles. The normalized spacial score (nSPS) is 12.6. The van der Waals surface area contributed by atoms with Crippen LogP contribution in [0.4, 0.5) is 11.5 Å². The van der Waals surface area contributed by atoms with Crippen LogP contribution in [0.15, 0.2) is 84.6 Å². The number of nitrogens with one attached hydrogen (secondary N) is 2. The van der Waals surface area contributed by atoms with Crippen molar-refractivity contribution in [3.8, 4) is 16.8 Å². The third-order valence-corrected chi connectivity index (χ3v) is 4.74. The van der Waals surface area contributed by atoms with Crippen LogP contribution in [0.3, 0.4) is 0 Å². The zero-order chi connectivity index (χ0) is 20.4. The van der Waals surface area contributed by atoms with E-state index in [9.17, 15) is 0 Å². The number of aromatic nitrogens is 1. The maximum atomic E-state index is 4.60. The molecular weight excluding hydrogens is 358 g/mol. The molecule has 0 radical (unpaired) electrons. The number of likely N-dealkylation sites (N-methyl/N-ethyl adjacent to an activating group) is 1. The van der Waals surface area contributed by atoms with E-state index in [0.717, 1.165) is 51.8 Å². The smallest absolute Gasteiger partial charge is 0.148 e. The maximum absolute atomic E-state index is 4.60. The Hall–Kier alpha value is -3.57. The molecule has 2 aromatic carbocycles. The summed E-state index contributed by atoms with van der Waals surface area (Å²) < 4.78 is 2.11. The van der Waals surface area contributed by atoms with Crippen molar-refractivity contribution in [1.29, 1.82) is 0 Å². The van der Waals surface area contributed by atoms with Gasteiger partial charge in [-0.25, -0.2) is 4.99 Å². The summed E-state index contributed by atoms with van der Waals surface area (Å²) in [6, 6.07) is 18.6. The Bertz CT molecular complexity index is 1090. The zero-order valence-electron chi connectivity index (χ0n) is 16.8. The van der Waals surface area contributed by atoms with Gasteiger partial charge in [-0.3, -0.25) is 0 Å². The Kier molecular flexibility index (Phi) is 5.06. The van der Waals surface area contributed by atoms with Gasteiger partial charge in [-0.1, -0.05) is 43.5 Å². The number of para-hydroxylation sites is 1. The van der Waals surface area contributed by atoms with Gasteiger partial charge in [0.2, 0.25) is 0 Å². The van der Waals surface area contributed by atoms with Crippen LogP contribution in [-0.4, -0.2) is 36.4 Å². The Morgan fingerprint density at radius 3 is 2.69 bits per heavy atom. The molecule has 0 aliphatic carbocycles. The summed E-state index contributed by atoms with van der Waals surface area (Å²) in [5, 5.41) is 6.55. The van der Waals surface area contributed by atoms with E-state index in [-0.39, 0.29) is 0 Å². The molecule has 4 rings (SSSR count). The molecule has 1 aromatic heterocycles. The van der Waals surface area contributed by atoms with Gasteiger partial charge >= 0.3 is 0 Å². The second kappa shape index (κ2) is 7.81. The second-order valence-electron chi connectivity index (χ2n) is 7.38. The molecule has 0 fully saturated rings. The number of nitrogens with zero attached hydrogens (tertiary/aromatic N) is 3. The van der Waals surface area contributed by atoms with Crippen LogP contribution in [-0.2, 0) is 0 Å². The minimum absolute atomic E-state index is 0.777. The highest BCUT2D eigenvalue weighted by Gasteiger charge is 2.22. The first-order valence-electron chi connectivity index (χ1n) is 9.52. The number of aliphatic imine (C=N–C) groups is 1. The molecule has 3 aromatic rings. The van der Waals surface area contributed by atoms with Gasteiger partial charge in [0.05, 0.1) is 11.9 Å². The van der Waals surface area contributed by atoms with Gasteiger partial charge in [0, 0.05) is 41.1 Å². The van der Waals surface area contributed by atoms with Gasteiger partial charge < -0.3 is 20.1 Å². The molecule has 146 valence electrons. The number of hydrogen-bond donors (Lipinski definition) is 2. The lowest BCUT2D eigenvalue weighted by atomic mass is 10.0. The number of hydrogen-bond acceptors (Lipinski definition) is 4. The Morgan fingerprint density at radius 1 is 1.14 bits per heavy atom. The van der Waals surface area contributed by atoms with Crippen molar-refractivity contribution in [2.75, 3.05) is 26.0 Å². The third-order valence-electron chi connectivity index (χ3n) is 4.74. The summed E-state index contributed by atoms with van der Waals surface area (Å²) in [5.74, 6) is 0.880. The predicted octanol–water partition coefficient (Wildman–Crippen LogP) is 4.87. The summed E-state index contributed by atoms with van der Waals surface area (Å²) >= 11 is 0. The molecular formula is C24H25N5. The third kappa shape index (κ3) is 3.86. The van der Waals surface area contributed by atoms with E-state index in [1.807, 2.05) is 32.3 Å². The van der Waals surface area contributed by atoms with Crippen molar-refractivity contribution < 1.29 is 0 Å². The lowest BCUT2D eigenvalue weighted by Gasteiger charge is -2.16. The molecule has 29 heavy (non-hydrogen) atoms. The molecule has 2 N–H and O–H groups in total. The predicted molar refractivity (Wildman–Crippen MR) is 123 cm³/mol. The molecule has 5 heteroatoms. The topological polar surface area (TPSA) is 44.6 Å². The molecule has 1 aliphatic heterocycles. The first-order valence-corrected chi connectivity index (χ1v) is 9.52. The Labute approximate surface area is 171 Å². The average Bonchev–Trinajstić information content (AvgIpc) is 3.09. The number of anilines is 1. The van der Waals surface area contributed by atoms with Crippen LogP contribution in [0.25, 0.3) is 22.5 Å². The quantitative estimate of drug-likeness (QED) is 0.639. The monoisotopic (exact) mass is 383 g/mol. The van der Waals surface area contributed by atoms with Gasteiger partial charge in [-0.05, 0) is 43.9 Å². The second-order valence-corrected chi connectivity index (χ2v) is 7.38. The minimum Gasteiger partial charge on any atom is -0.358 e. The number of rotatable bonds is 6. The van der Waals surface area contributed by atoms with Crippen LogP contribution >= 0.6 is 0 Å². The molecule has 1 aliphatic rings. The zero-order valence-corrected chi connectivity index (χ0v) is 16.8. The summed E-state index contributed by atoms with van der Waals surface area (Å²) in [6.45, 7) is 9.10. The van der Waals surface area contributed by atoms with E-state index in [1.165, 1.54) is 0 Å². The summed E-state index contributed by atoms with van der Waals surface area (Å²) in [6.07, 6.45) is 3.82. The van der Waals surface area contributed by atoms with E-state index in [2.05, 4.69) is 80.8 Å². The van der Waals surface area contributed by atoms with E-state index in [0.29, 0.717) is 0 Å². The summed E-state index contributed by atoms with van der Waals surface area (Å²) in [5.41, 5.74) is 7.06. The SMILES string of the molecule is C=C(CN(C)C)Nc1cccc(-c2cn(-c3ccccc3)c3c2C(=C)NC=N3)c1. The van der Waals surface area contributed by atoms with Gasteiger partial charge in [0.1, 0.15) is 5.82 Å². The molecule has 0 amide bonds. The lowest BCUT2D eigenvalue weighted by molar-refractivity contribution is 0.447. The maximum Gasteiger partial charge on any atom is 0.148 e. The summed E-state index contributed by atoms with van der Waals surface area (Å²) in [4.78, 5) is 6.69. The first kappa shape index (κ1) is 18.8. The standard InChI is InChI=1S/C24H25N5/c1-17(14-28(3)4)27-20-10-8-9-19(13-20)22-15-29(21-11-6-5-7-12-21)24-23(22)18(2)25-16-26-24/h5-13,15-16,27H,1-2,14H2,3-4H3,(H,25,26). The van der Waals surface area contributed by atoms with Crippen molar-refractivity contribution in [2.45, 2.75) is 0 Å². The van der Waals surface area contributed by atoms with E-state index in [1.54, 1.807) is 6.34 Å². The van der Waals surface area contributed by atoms with Gasteiger partial charge in [-0.2, -0.15) is 0 Å². The molecule has 0 atom stereocenters. The number of benzene rings is 2. The summed E-state index contributed by atoms with van der Waals surface area (Å²) in [7, 11) is 4.06. The van der Waals surface area contributed by atoms with Crippen LogP contribution in [0.1, 0.15) is 5.56 Å². The van der Waals surface area contributed by atoms with Crippen LogP contribution < -0.4 is 10.6 Å². The largest absolute Gasteiger partial charge is 0.358 e. The van der Waals surface area contributed by atoms with Gasteiger partial charge in [-0.15, -0.1) is 0 Å². The molecule has 0 saturated heterocycles. The number of fused-ring (bicyclic) bond motifs is 1. The van der Waals surface area contributed by atoms with Crippen LogP contribution in [0.5, 0.6) is 0 Å². The molecule has 5 nitrogen and oxygen atoms in total. The first-order chi connectivity index (χ1) is 14.0. The fourth-order valence-electron chi connectivity index (χ4n) is 3.56. The lowest BCUT2D eigenvalue weighted by Crippen LogP contribution is -2.18. The van der Waals surface area contributed by atoms with Crippen molar-refractivity contribution in [1.82, 2.24) is 14.8 Å². The highest BCUT2D eigenvalue weighted by atomic mass is 15.1. The van der Waals surface area contributed by atoms with Gasteiger partial charge in [0.15, 0.2) is 0 Å². The van der Waals surface area contributed by atoms with Crippen molar-refractivity contribution in [2.24, 2.45) is 4.99 Å². The Balaban J connectivity index is 1.77. The fourth-order valence-corrected chi connectivity index (χ4v) is 3.56. The van der Waals surface area contributed by atoms with Crippen LogP contribution in [0, 0.1) is 0 Å². The minimum atomic E-state index is 0.777. The fraction of sp³-hybridized carbons (Fsp3) is 0.125. The van der Waals surface area contributed by atoms with Crippen molar-refractivity contribution >= 4 is 23.5 Å². The molecule has 0 unspecified atom stereocenters. The van der Waals surface area contributed by atoms with Crippen molar-refractivity contribution in [3.63, 3.8) is 0 Å². The van der Waals surface area contributed by atoms with Crippen molar-refractivity contribution in [3.05, 3.63) is 85.2 Å². The highest BCUT2D eigenvalue weighted by molar-refractivity contribution is 5.94. The molecule has 2 heterocycles. The highest BCUT2D eigenvalue weighted by Crippen LogP contribution is 2.40. The van der Waals surface area contributed by atoms with E-state index in [4.69, 9.17) is 0 Å². The Morgan fingerprint density at radius 2 is 1.93 bits per heavy atom. The van der Waals surface area contributed by atoms with E-state index >= 15 is 0 Å².